The Bertz CT molecular complexity index is 140. The van der Waals surface area contributed by atoms with Crippen molar-refractivity contribution in [3.8, 4) is 0 Å². The second kappa shape index (κ2) is 1.62. The highest BCUT2D eigenvalue weighted by atomic mass is 32.1. The Balaban J connectivity index is 3.04. The molecule has 0 saturated carbocycles. The molecule has 0 aliphatic rings. The summed E-state index contributed by atoms with van der Waals surface area (Å²) in [6, 6.07) is 0. The van der Waals surface area contributed by atoms with E-state index in [-0.39, 0.29) is 0 Å². The molecule has 1 rings (SSSR count). The molecule has 1 aromatic heterocycles. The third-order valence-corrected chi connectivity index (χ3v) is 1.57. The Morgan fingerprint density at radius 1 is 1.57 bits per heavy atom. The van der Waals surface area contributed by atoms with Crippen LogP contribution in [0.1, 0.15) is 9.88 Å². The van der Waals surface area contributed by atoms with Crippen molar-refractivity contribution in [3.63, 3.8) is 0 Å². The van der Waals surface area contributed by atoms with Gasteiger partial charge in [-0.25, -0.2) is 4.98 Å². The zero-order valence-electron chi connectivity index (χ0n) is 4.43. The van der Waals surface area contributed by atoms with Crippen LogP contribution >= 0.6 is 11.3 Å². The van der Waals surface area contributed by atoms with Crippen LogP contribution in [-0.2, 0) is 0 Å². The summed E-state index contributed by atoms with van der Waals surface area (Å²) in [5.74, 6) is 0. The number of rotatable bonds is 0. The van der Waals surface area contributed by atoms with E-state index in [1.54, 1.807) is 11.3 Å². The van der Waals surface area contributed by atoms with Crippen molar-refractivity contribution in [1.29, 1.82) is 0 Å². The molecule has 0 unspecified atom stereocenters. The molecule has 1 nitrogen and oxygen atoms in total. The zero-order valence-corrected chi connectivity index (χ0v) is 5.25. The van der Waals surface area contributed by atoms with Gasteiger partial charge in [0.05, 0.1) is 5.01 Å². The summed E-state index contributed by atoms with van der Waals surface area (Å²) in [4.78, 5) is 5.32. The standard InChI is InChI=1S/C5H7NS/c1-4-3-6-5(2)7-4/h3H,1-2H3. The molecule has 2 heteroatoms. The van der Waals surface area contributed by atoms with Gasteiger partial charge in [0.15, 0.2) is 0 Å². The molecule has 0 N–H and O–H groups in total. The Hall–Kier alpha value is -0.370. The minimum atomic E-state index is 1.15. The van der Waals surface area contributed by atoms with E-state index in [2.05, 4.69) is 11.9 Å². The second-order valence-corrected chi connectivity index (χ2v) is 2.93. The van der Waals surface area contributed by atoms with E-state index < -0.39 is 0 Å². The maximum absolute atomic E-state index is 4.03. The van der Waals surface area contributed by atoms with Gasteiger partial charge in [-0.05, 0) is 13.8 Å². The topological polar surface area (TPSA) is 12.9 Å². The number of aromatic nitrogens is 1. The predicted octanol–water partition coefficient (Wildman–Crippen LogP) is 1.76. The van der Waals surface area contributed by atoms with E-state index in [1.807, 2.05) is 13.1 Å². The molecule has 0 radical (unpaired) electrons. The quantitative estimate of drug-likeness (QED) is 0.499. The Kier molecular flexibility index (Phi) is 1.11. The van der Waals surface area contributed by atoms with Crippen molar-refractivity contribution in [2.45, 2.75) is 13.8 Å². The molecule has 1 aromatic rings. The predicted molar refractivity (Wildman–Crippen MR) is 31.6 cm³/mol. The summed E-state index contributed by atoms with van der Waals surface area (Å²) < 4.78 is 0. The number of hydrogen-bond donors (Lipinski definition) is 0. The minimum absolute atomic E-state index is 1.15. The van der Waals surface area contributed by atoms with E-state index in [0.717, 1.165) is 5.01 Å². The fraction of sp³-hybridized carbons (Fsp3) is 0.400. The van der Waals surface area contributed by atoms with Gasteiger partial charge < -0.3 is 0 Å². The van der Waals surface area contributed by atoms with Crippen LogP contribution in [0, 0.1) is 13.8 Å². The molecule has 38 valence electrons. The fourth-order valence-electron chi connectivity index (χ4n) is 0.467. The highest BCUT2D eigenvalue weighted by Crippen LogP contribution is 2.07. The highest BCUT2D eigenvalue weighted by molar-refractivity contribution is 7.11. The summed E-state index contributed by atoms with van der Waals surface area (Å²) in [6.07, 6.45) is 1.89. The summed E-state index contributed by atoms with van der Waals surface area (Å²) >= 11 is 1.73. The molecule has 0 bridgehead atoms. The van der Waals surface area contributed by atoms with Crippen molar-refractivity contribution < 1.29 is 0 Å². The van der Waals surface area contributed by atoms with Gasteiger partial charge in [-0.3, -0.25) is 0 Å². The van der Waals surface area contributed by atoms with Gasteiger partial charge in [-0.15, -0.1) is 11.3 Å². The summed E-state index contributed by atoms with van der Waals surface area (Å²) in [7, 11) is 0. The summed E-state index contributed by atoms with van der Waals surface area (Å²) in [5, 5.41) is 1.15. The second-order valence-electron chi connectivity index (χ2n) is 1.49. The van der Waals surface area contributed by atoms with Gasteiger partial charge in [-0.2, -0.15) is 0 Å². The zero-order chi connectivity index (χ0) is 5.28. The van der Waals surface area contributed by atoms with Crippen LogP contribution < -0.4 is 0 Å². The van der Waals surface area contributed by atoms with Crippen LogP contribution in [0.2, 0.25) is 0 Å². The average Bonchev–Trinajstić information content (AvgIpc) is 1.87. The lowest BCUT2D eigenvalue weighted by molar-refractivity contribution is 1.28. The van der Waals surface area contributed by atoms with E-state index >= 15 is 0 Å². The fourth-order valence-corrected chi connectivity index (χ4v) is 1.14. The Morgan fingerprint density at radius 3 is 2.43 bits per heavy atom. The first-order valence-corrected chi connectivity index (χ1v) is 3.00. The van der Waals surface area contributed by atoms with Crippen molar-refractivity contribution in [2.24, 2.45) is 0 Å². The summed E-state index contributed by atoms with van der Waals surface area (Å²) in [6.45, 7) is 4.07. The molecule has 0 fully saturated rings. The SMILES string of the molecule is Cc1cnc(C)s1. The normalized spacial score (nSPS) is 9.43. The lowest BCUT2D eigenvalue weighted by Crippen LogP contribution is -1.57. The van der Waals surface area contributed by atoms with Crippen LogP contribution in [0.3, 0.4) is 0 Å². The number of thiazole rings is 1. The molecule has 0 aliphatic heterocycles. The number of hydrogen-bond acceptors (Lipinski definition) is 2. The molecule has 0 atom stereocenters. The molecule has 0 aromatic carbocycles. The first-order chi connectivity index (χ1) is 3.29. The van der Waals surface area contributed by atoms with E-state index in [1.165, 1.54) is 4.88 Å². The third-order valence-electron chi connectivity index (χ3n) is 0.737. The highest BCUT2D eigenvalue weighted by Gasteiger charge is 1.86. The van der Waals surface area contributed by atoms with Crippen molar-refractivity contribution in [3.05, 3.63) is 16.1 Å². The smallest absolute Gasteiger partial charge is 0.0896 e. The van der Waals surface area contributed by atoms with E-state index in [4.69, 9.17) is 0 Å². The van der Waals surface area contributed by atoms with Gasteiger partial charge in [0.2, 0.25) is 0 Å². The molecule has 0 spiro atoms. The van der Waals surface area contributed by atoms with Crippen LogP contribution in [0.15, 0.2) is 6.20 Å². The maximum Gasteiger partial charge on any atom is 0.0896 e. The van der Waals surface area contributed by atoms with Crippen LogP contribution in [0.25, 0.3) is 0 Å². The van der Waals surface area contributed by atoms with Gasteiger partial charge >= 0.3 is 0 Å². The van der Waals surface area contributed by atoms with Crippen LogP contribution in [-0.4, -0.2) is 4.98 Å². The maximum atomic E-state index is 4.03. The van der Waals surface area contributed by atoms with Gasteiger partial charge in [0.1, 0.15) is 0 Å². The largest absolute Gasteiger partial charge is 0.250 e. The van der Waals surface area contributed by atoms with E-state index in [9.17, 15) is 0 Å². The minimum Gasteiger partial charge on any atom is -0.250 e. The molecule has 1 heterocycles. The van der Waals surface area contributed by atoms with Crippen molar-refractivity contribution in [2.75, 3.05) is 0 Å². The van der Waals surface area contributed by atoms with Gasteiger partial charge in [-0.1, -0.05) is 0 Å². The molecule has 0 aliphatic carbocycles. The number of nitrogens with zero attached hydrogens (tertiary/aromatic N) is 1. The monoisotopic (exact) mass is 113 g/mol. The molecule has 0 saturated heterocycles. The van der Waals surface area contributed by atoms with E-state index in [0.29, 0.717) is 0 Å². The number of aryl methyl sites for hydroxylation is 2. The lowest BCUT2D eigenvalue weighted by atomic mass is 10.6. The molecular formula is C5H7NS. The van der Waals surface area contributed by atoms with Crippen molar-refractivity contribution in [1.82, 2.24) is 4.98 Å². The Labute approximate surface area is 47.0 Å². The first kappa shape index (κ1) is 4.78. The van der Waals surface area contributed by atoms with Crippen LogP contribution in [0.4, 0.5) is 0 Å². The lowest BCUT2D eigenvalue weighted by Gasteiger charge is -1.68. The average molecular weight is 113 g/mol. The third kappa shape index (κ3) is 0.996. The van der Waals surface area contributed by atoms with Crippen LogP contribution in [0.5, 0.6) is 0 Å². The van der Waals surface area contributed by atoms with Gasteiger partial charge in [0.25, 0.3) is 0 Å². The molecule has 0 amide bonds. The Morgan fingerprint density at radius 2 is 2.29 bits per heavy atom. The first-order valence-electron chi connectivity index (χ1n) is 2.18. The molecular weight excluding hydrogens is 106 g/mol. The van der Waals surface area contributed by atoms with Crippen molar-refractivity contribution >= 4 is 11.3 Å². The molecule has 7 heavy (non-hydrogen) atoms. The van der Waals surface area contributed by atoms with Gasteiger partial charge in [0, 0.05) is 11.1 Å². The summed E-state index contributed by atoms with van der Waals surface area (Å²) in [5.41, 5.74) is 0.